The summed E-state index contributed by atoms with van der Waals surface area (Å²) < 4.78 is 70.6. The Bertz CT molecular complexity index is 1330. The highest BCUT2D eigenvalue weighted by Crippen LogP contribution is 2.34. The van der Waals surface area contributed by atoms with Gasteiger partial charge in [0.05, 0.1) is 22.2 Å². The molecule has 0 amide bonds. The van der Waals surface area contributed by atoms with Gasteiger partial charge in [0.15, 0.2) is 16.8 Å². The Morgan fingerprint density at radius 3 is 2.53 bits per heavy atom. The van der Waals surface area contributed by atoms with Crippen molar-refractivity contribution in [1.29, 1.82) is 0 Å². The molecule has 2 aromatic carbocycles. The van der Waals surface area contributed by atoms with E-state index in [0.29, 0.717) is 28.4 Å². The van der Waals surface area contributed by atoms with E-state index >= 15 is 0 Å². The van der Waals surface area contributed by atoms with E-state index in [1.807, 2.05) is 0 Å². The predicted molar refractivity (Wildman–Crippen MR) is 117 cm³/mol. The Morgan fingerprint density at radius 1 is 1.16 bits per heavy atom. The molecule has 0 unspecified atom stereocenters. The molecule has 1 aromatic heterocycles. The number of aliphatic imine (C=N–C) groups is 1. The molecule has 0 saturated carbocycles. The molecule has 0 atom stereocenters. The van der Waals surface area contributed by atoms with Gasteiger partial charge in [-0.25, -0.2) is 13.4 Å². The summed E-state index contributed by atoms with van der Waals surface area (Å²) in [6, 6.07) is 10.0. The van der Waals surface area contributed by atoms with Crippen molar-refractivity contribution in [1.82, 2.24) is 9.88 Å². The molecule has 1 aliphatic heterocycles. The number of aromatic nitrogens is 1. The standard InChI is InChI=1S/C20H17F3N4O3S2/c1-27-11-24-14(12-6-8-13(9-7-12)20(21,22)23)10-17(27)30-15-4-3-5-16-18(15)25-19(31-16)26-32(2,28)29/h3-10H,11H2,1-2H3,(H,25,26). The number of nitrogens with zero attached hydrogens (tertiary/aromatic N) is 3. The summed E-state index contributed by atoms with van der Waals surface area (Å²) in [6.07, 6.45) is -1.73. The van der Waals surface area contributed by atoms with Gasteiger partial charge in [-0.05, 0) is 29.8 Å². The third-order valence-electron chi connectivity index (χ3n) is 4.47. The van der Waals surface area contributed by atoms with Gasteiger partial charge >= 0.3 is 6.18 Å². The third-order valence-corrected chi connectivity index (χ3v) is 6.10. The maximum absolute atomic E-state index is 12.8. The van der Waals surface area contributed by atoms with Crippen molar-refractivity contribution < 1.29 is 26.3 Å². The molecule has 0 fully saturated rings. The number of allylic oxidation sites excluding steroid dienone is 1. The van der Waals surface area contributed by atoms with Crippen LogP contribution in [0.4, 0.5) is 18.3 Å². The largest absolute Gasteiger partial charge is 0.439 e. The number of rotatable bonds is 5. The number of thiazole rings is 1. The summed E-state index contributed by atoms with van der Waals surface area (Å²) in [5.41, 5.74) is 0.760. The molecule has 0 bridgehead atoms. The molecule has 2 heterocycles. The van der Waals surface area contributed by atoms with Gasteiger partial charge in [0, 0.05) is 13.1 Å². The molecule has 12 heteroatoms. The van der Waals surface area contributed by atoms with Gasteiger partial charge in [0.25, 0.3) is 0 Å². The van der Waals surface area contributed by atoms with Crippen LogP contribution in [0, 0.1) is 0 Å². The Balaban J connectivity index is 1.63. The van der Waals surface area contributed by atoms with Crippen LogP contribution in [0.1, 0.15) is 11.1 Å². The minimum absolute atomic E-state index is 0.219. The molecule has 0 radical (unpaired) electrons. The SMILES string of the molecule is CN1CN=C(c2ccc(C(F)(F)F)cc2)C=C1Oc1cccc2sc(NS(C)(=O)=O)nc12. The molecule has 3 aromatic rings. The predicted octanol–water partition coefficient (Wildman–Crippen LogP) is 4.30. The number of hydrogen-bond donors (Lipinski definition) is 1. The molecule has 0 spiro atoms. The van der Waals surface area contributed by atoms with Crippen molar-refractivity contribution in [2.45, 2.75) is 6.18 Å². The first-order chi connectivity index (χ1) is 15.0. The number of sulfonamides is 1. The highest BCUT2D eigenvalue weighted by atomic mass is 32.2. The zero-order valence-corrected chi connectivity index (χ0v) is 18.5. The average molecular weight is 483 g/mol. The lowest BCUT2D eigenvalue weighted by Crippen LogP contribution is -2.27. The second-order valence-corrected chi connectivity index (χ2v) is 9.82. The van der Waals surface area contributed by atoms with E-state index < -0.39 is 21.8 Å². The van der Waals surface area contributed by atoms with Gasteiger partial charge < -0.3 is 9.64 Å². The summed E-state index contributed by atoms with van der Waals surface area (Å²) >= 11 is 1.17. The average Bonchev–Trinajstić information content (AvgIpc) is 3.10. The van der Waals surface area contributed by atoms with Crippen molar-refractivity contribution in [3.63, 3.8) is 0 Å². The quantitative estimate of drug-likeness (QED) is 0.586. The van der Waals surface area contributed by atoms with Crippen molar-refractivity contribution in [2.75, 3.05) is 24.7 Å². The lowest BCUT2D eigenvalue weighted by Gasteiger charge is -2.25. The molecule has 0 saturated heterocycles. The van der Waals surface area contributed by atoms with E-state index in [0.717, 1.165) is 23.1 Å². The first-order valence-electron chi connectivity index (χ1n) is 9.20. The molecule has 32 heavy (non-hydrogen) atoms. The summed E-state index contributed by atoms with van der Waals surface area (Å²) in [5.74, 6) is 0.833. The lowest BCUT2D eigenvalue weighted by molar-refractivity contribution is -0.137. The highest BCUT2D eigenvalue weighted by molar-refractivity contribution is 7.92. The van der Waals surface area contributed by atoms with Crippen LogP contribution in [0.2, 0.25) is 0 Å². The van der Waals surface area contributed by atoms with E-state index in [-0.39, 0.29) is 11.8 Å². The Hall–Kier alpha value is -3.12. The first kappa shape index (κ1) is 22.1. The number of fused-ring (bicyclic) bond motifs is 1. The van der Waals surface area contributed by atoms with Crippen molar-refractivity contribution >= 4 is 42.4 Å². The smallest absolute Gasteiger partial charge is 0.416 e. The second kappa shape index (κ2) is 8.10. The Kier molecular flexibility index (Phi) is 5.59. The molecule has 1 aliphatic rings. The number of ether oxygens (including phenoxy) is 1. The van der Waals surface area contributed by atoms with Gasteiger partial charge in [-0.2, -0.15) is 13.2 Å². The van der Waals surface area contributed by atoms with Crippen molar-refractivity contribution in [3.8, 4) is 5.75 Å². The summed E-state index contributed by atoms with van der Waals surface area (Å²) in [6.45, 7) is 0.246. The Morgan fingerprint density at radius 2 is 1.88 bits per heavy atom. The fourth-order valence-corrected chi connectivity index (χ4v) is 4.68. The van der Waals surface area contributed by atoms with Gasteiger partial charge in [-0.1, -0.05) is 29.5 Å². The summed E-state index contributed by atoms with van der Waals surface area (Å²) in [7, 11) is -1.71. The van der Waals surface area contributed by atoms with E-state index in [1.165, 1.54) is 23.5 Å². The molecule has 4 rings (SSSR count). The van der Waals surface area contributed by atoms with Crippen molar-refractivity contribution in [3.05, 3.63) is 65.6 Å². The summed E-state index contributed by atoms with van der Waals surface area (Å²) in [5, 5.41) is 0.219. The first-order valence-corrected chi connectivity index (χ1v) is 11.9. The van der Waals surface area contributed by atoms with Gasteiger partial charge in [-0.3, -0.25) is 9.71 Å². The fourth-order valence-electron chi connectivity index (χ4n) is 2.96. The topological polar surface area (TPSA) is 83.9 Å². The maximum Gasteiger partial charge on any atom is 0.416 e. The number of hydrogen-bond acceptors (Lipinski definition) is 7. The second-order valence-electron chi connectivity index (χ2n) is 7.04. The molecule has 0 aliphatic carbocycles. The van der Waals surface area contributed by atoms with Crippen LogP contribution in [0.25, 0.3) is 10.2 Å². The zero-order chi connectivity index (χ0) is 23.1. The fraction of sp³-hybridized carbons (Fsp3) is 0.200. The maximum atomic E-state index is 12.8. The van der Waals surface area contributed by atoms with Crippen LogP contribution in [-0.4, -0.2) is 44.0 Å². The van der Waals surface area contributed by atoms with Crippen LogP contribution in [0.3, 0.4) is 0 Å². The number of nitrogens with one attached hydrogen (secondary N) is 1. The third kappa shape index (κ3) is 4.86. The highest BCUT2D eigenvalue weighted by Gasteiger charge is 2.30. The van der Waals surface area contributed by atoms with Crippen LogP contribution in [-0.2, 0) is 16.2 Å². The number of halogens is 3. The van der Waals surface area contributed by atoms with Gasteiger partial charge in [0.1, 0.15) is 12.2 Å². The van der Waals surface area contributed by atoms with Crippen LogP contribution in [0.15, 0.2) is 59.4 Å². The number of para-hydroxylation sites is 1. The van der Waals surface area contributed by atoms with Crippen molar-refractivity contribution in [2.24, 2.45) is 4.99 Å². The number of alkyl halides is 3. The monoisotopic (exact) mass is 482 g/mol. The number of benzene rings is 2. The van der Waals surface area contributed by atoms with E-state index in [4.69, 9.17) is 4.74 Å². The van der Waals surface area contributed by atoms with Gasteiger partial charge in [0.2, 0.25) is 10.0 Å². The van der Waals surface area contributed by atoms with E-state index in [1.54, 1.807) is 36.2 Å². The number of anilines is 1. The van der Waals surface area contributed by atoms with Crippen LogP contribution in [0.5, 0.6) is 5.75 Å². The lowest BCUT2D eigenvalue weighted by atomic mass is 10.1. The molecular formula is C20H17F3N4O3S2. The zero-order valence-electron chi connectivity index (χ0n) is 16.8. The Labute approximate surface area is 185 Å². The van der Waals surface area contributed by atoms with Crippen LogP contribution >= 0.6 is 11.3 Å². The van der Waals surface area contributed by atoms with Crippen LogP contribution < -0.4 is 9.46 Å². The van der Waals surface area contributed by atoms with Gasteiger partial charge in [-0.15, -0.1) is 0 Å². The normalized spacial score (nSPS) is 14.8. The molecule has 1 N–H and O–H groups in total. The minimum atomic E-state index is -4.41. The summed E-state index contributed by atoms with van der Waals surface area (Å²) in [4.78, 5) is 10.4. The van der Waals surface area contributed by atoms with E-state index in [9.17, 15) is 21.6 Å². The minimum Gasteiger partial charge on any atom is -0.439 e. The van der Waals surface area contributed by atoms with E-state index in [2.05, 4.69) is 14.7 Å². The molecule has 168 valence electrons. The molecular weight excluding hydrogens is 465 g/mol. The molecule has 7 nitrogen and oxygen atoms in total.